The zero-order valence-corrected chi connectivity index (χ0v) is 12.2. The van der Waals surface area contributed by atoms with Crippen molar-refractivity contribution in [1.29, 1.82) is 0 Å². The van der Waals surface area contributed by atoms with Gasteiger partial charge in [-0.15, -0.1) is 0 Å². The first-order valence-electron chi connectivity index (χ1n) is 7.31. The van der Waals surface area contributed by atoms with Gasteiger partial charge in [0.2, 0.25) is 0 Å². The average Bonchev–Trinajstić information content (AvgIpc) is 2.94. The van der Waals surface area contributed by atoms with Crippen molar-refractivity contribution in [2.45, 2.75) is 70.6 Å². The molecule has 1 aliphatic heterocycles. The molecule has 0 radical (unpaired) electrons. The second-order valence-corrected chi connectivity index (χ2v) is 6.71. The van der Waals surface area contributed by atoms with E-state index in [0.29, 0.717) is 5.92 Å². The fourth-order valence-electron chi connectivity index (χ4n) is 3.39. The molecular weight excluding hydrogens is 244 g/mol. The Morgan fingerprint density at radius 2 is 2.00 bits per heavy atom. The van der Waals surface area contributed by atoms with Crippen LogP contribution in [0.15, 0.2) is 0 Å². The SMILES string of the molecule is CC(C)(C)OC(=O)N1CCCC1C1CCCC1NO. The van der Waals surface area contributed by atoms with Gasteiger partial charge >= 0.3 is 6.09 Å². The first-order valence-corrected chi connectivity index (χ1v) is 7.31. The zero-order chi connectivity index (χ0) is 14.0. The molecule has 0 aromatic carbocycles. The van der Waals surface area contributed by atoms with Crippen LogP contribution in [0.3, 0.4) is 0 Å². The van der Waals surface area contributed by atoms with Gasteiger partial charge < -0.3 is 14.8 Å². The quantitative estimate of drug-likeness (QED) is 0.757. The zero-order valence-electron chi connectivity index (χ0n) is 12.2. The van der Waals surface area contributed by atoms with Gasteiger partial charge in [-0.2, -0.15) is 0 Å². The van der Waals surface area contributed by atoms with Crippen LogP contribution in [0.2, 0.25) is 0 Å². The third-order valence-corrected chi connectivity index (χ3v) is 4.16. The van der Waals surface area contributed by atoms with E-state index in [0.717, 1.165) is 38.6 Å². The number of amides is 1. The van der Waals surface area contributed by atoms with Crippen molar-refractivity contribution in [3.05, 3.63) is 0 Å². The Bertz CT molecular complexity index is 327. The summed E-state index contributed by atoms with van der Waals surface area (Å²) < 4.78 is 5.48. The molecule has 0 spiro atoms. The van der Waals surface area contributed by atoms with Gasteiger partial charge in [-0.25, -0.2) is 10.3 Å². The lowest BCUT2D eigenvalue weighted by atomic mass is 9.93. The molecule has 3 atom stereocenters. The summed E-state index contributed by atoms with van der Waals surface area (Å²) >= 11 is 0. The molecule has 1 saturated heterocycles. The van der Waals surface area contributed by atoms with Gasteiger partial charge in [0.05, 0.1) is 0 Å². The van der Waals surface area contributed by atoms with Gasteiger partial charge in [-0.3, -0.25) is 0 Å². The Hall–Kier alpha value is -0.810. The highest BCUT2D eigenvalue weighted by Crippen LogP contribution is 2.36. The van der Waals surface area contributed by atoms with Crippen LogP contribution in [0.5, 0.6) is 0 Å². The molecular formula is C14H26N2O3. The molecule has 19 heavy (non-hydrogen) atoms. The third kappa shape index (κ3) is 3.39. The number of likely N-dealkylation sites (tertiary alicyclic amines) is 1. The summed E-state index contributed by atoms with van der Waals surface area (Å²) in [6, 6.07) is 0.329. The molecule has 0 bridgehead atoms. The molecule has 5 heteroatoms. The predicted molar refractivity (Wildman–Crippen MR) is 72.0 cm³/mol. The number of nitrogens with one attached hydrogen (secondary N) is 1. The van der Waals surface area contributed by atoms with Gasteiger partial charge in [0.15, 0.2) is 0 Å². The van der Waals surface area contributed by atoms with E-state index in [1.807, 2.05) is 25.7 Å². The lowest BCUT2D eigenvalue weighted by Crippen LogP contribution is -2.47. The maximum absolute atomic E-state index is 12.2. The number of carbonyl (C=O) groups is 1. The molecule has 3 unspecified atom stereocenters. The maximum atomic E-state index is 12.2. The number of rotatable bonds is 2. The van der Waals surface area contributed by atoms with Crippen molar-refractivity contribution in [3.8, 4) is 0 Å². The van der Waals surface area contributed by atoms with Crippen LogP contribution in [0.1, 0.15) is 52.9 Å². The van der Waals surface area contributed by atoms with Gasteiger partial charge in [0, 0.05) is 18.6 Å². The molecule has 0 aromatic heterocycles. The molecule has 1 heterocycles. The van der Waals surface area contributed by atoms with Crippen molar-refractivity contribution in [2.24, 2.45) is 5.92 Å². The van der Waals surface area contributed by atoms with Crippen molar-refractivity contribution in [1.82, 2.24) is 10.4 Å². The Morgan fingerprint density at radius 3 is 2.63 bits per heavy atom. The minimum absolute atomic E-state index is 0.119. The molecule has 0 aromatic rings. The van der Waals surface area contributed by atoms with Gasteiger partial charge in [-0.1, -0.05) is 6.42 Å². The van der Waals surface area contributed by atoms with E-state index in [1.54, 1.807) is 0 Å². The Balaban J connectivity index is 2.02. The highest BCUT2D eigenvalue weighted by molar-refractivity contribution is 5.69. The minimum atomic E-state index is -0.450. The average molecular weight is 270 g/mol. The van der Waals surface area contributed by atoms with Crippen LogP contribution < -0.4 is 5.48 Å². The van der Waals surface area contributed by atoms with Crippen LogP contribution in [-0.2, 0) is 4.74 Å². The Kier molecular flexibility index (Phi) is 4.36. The molecule has 1 aliphatic carbocycles. The van der Waals surface area contributed by atoms with Gasteiger partial charge in [-0.05, 0) is 52.4 Å². The van der Waals surface area contributed by atoms with Crippen molar-refractivity contribution < 1.29 is 14.7 Å². The van der Waals surface area contributed by atoms with E-state index >= 15 is 0 Å². The standard InChI is InChI=1S/C14H26N2O3/c1-14(2,3)19-13(17)16-9-5-8-12(16)10-6-4-7-11(10)15-18/h10-12,15,18H,4-9H2,1-3H3. The Labute approximate surface area is 115 Å². The number of hydrogen-bond donors (Lipinski definition) is 2. The van der Waals surface area contributed by atoms with Gasteiger partial charge in [0.25, 0.3) is 0 Å². The summed E-state index contributed by atoms with van der Waals surface area (Å²) in [5.41, 5.74) is 1.97. The lowest BCUT2D eigenvalue weighted by molar-refractivity contribution is 0.0122. The third-order valence-electron chi connectivity index (χ3n) is 4.16. The summed E-state index contributed by atoms with van der Waals surface area (Å²) in [7, 11) is 0. The molecule has 1 saturated carbocycles. The number of carbonyl (C=O) groups excluding carboxylic acids is 1. The number of hydrogen-bond acceptors (Lipinski definition) is 4. The lowest BCUT2D eigenvalue weighted by Gasteiger charge is -2.33. The largest absolute Gasteiger partial charge is 0.444 e. The molecule has 2 aliphatic rings. The molecule has 110 valence electrons. The second-order valence-electron chi connectivity index (χ2n) is 6.71. The number of nitrogens with zero attached hydrogens (tertiary/aromatic N) is 1. The van der Waals surface area contributed by atoms with E-state index in [-0.39, 0.29) is 18.2 Å². The molecule has 2 fully saturated rings. The van der Waals surface area contributed by atoms with Gasteiger partial charge in [0.1, 0.15) is 5.60 Å². The minimum Gasteiger partial charge on any atom is -0.444 e. The van der Waals surface area contributed by atoms with E-state index in [4.69, 9.17) is 4.74 Å². The topological polar surface area (TPSA) is 61.8 Å². The van der Waals surface area contributed by atoms with Crippen LogP contribution in [0.25, 0.3) is 0 Å². The Morgan fingerprint density at radius 1 is 1.26 bits per heavy atom. The first-order chi connectivity index (χ1) is 8.92. The summed E-state index contributed by atoms with van der Waals surface area (Å²) in [4.78, 5) is 14.1. The fraction of sp³-hybridized carbons (Fsp3) is 0.929. The fourth-order valence-corrected chi connectivity index (χ4v) is 3.39. The summed E-state index contributed by atoms with van der Waals surface area (Å²) in [5, 5.41) is 9.22. The van der Waals surface area contributed by atoms with E-state index < -0.39 is 5.60 Å². The predicted octanol–water partition coefficient (Wildman–Crippen LogP) is 2.53. The summed E-state index contributed by atoms with van der Waals surface area (Å²) in [6.45, 7) is 6.45. The molecule has 2 rings (SSSR count). The number of ether oxygens (including phenoxy) is 1. The van der Waals surface area contributed by atoms with Crippen molar-refractivity contribution in [2.75, 3.05) is 6.54 Å². The number of hydroxylamine groups is 1. The molecule has 5 nitrogen and oxygen atoms in total. The first kappa shape index (κ1) is 14.6. The normalized spacial score (nSPS) is 31.8. The van der Waals surface area contributed by atoms with Crippen molar-refractivity contribution in [3.63, 3.8) is 0 Å². The van der Waals surface area contributed by atoms with Crippen LogP contribution in [0, 0.1) is 5.92 Å². The van der Waals surface area contributed by atoms with E-state index in [9.17, 15) is 10.0 Å². The summed E-state index contributed by atoms with van der Waals surface area (Å²) in [5.74, 6) is 0.347. The van der Waals surface area contributed by atoms with E-state index in [2.05, 4.69) is 5.48 Å². The van der Waals surface area contributed by atoms with Crippen molar-refractivity contribution >= 4 is 6.09 Å². The highest BCUT2D eigenvalue weighted by Gasteiger charge is 2.41. The monoisotopic (exact) mass is 270 g/mol. The molecule has 2 N–H and O–H groups in total. The van der Waals surface area contributed by atoms with Crippen LogP contribution >= 0.6 is 0 Å². The van der Waals surface area contributed by atoms with Crippen LogP contribution in [0.4, 0.5) is 4.79 Å². The smallest absolute Gasteiger partial charge is 0.410 e. The van der Waals surface area contributed by atoms with E-state index in [1.165, 1.54) is 0 Å². The second kappa shape index (κ2) is 5.67. The van der Waals surface area contributed by atoms with Crippen LogP contribution in [-0.4, -0.2) is 40.4 Å². The maximum Gasteiger partial charge on any atom is 0.410 e. The highest BCUT2D eigenvalue weighted by atomic mass is 16.6. The summed E-state index contributed by atoms with van der Waals surface area (Å²) in [6.07, 6.45) is 5.00. The molecule has 1 amide bonds.